The molecule has 3 heterocycles. The molecule has 0 amide bonds. The maximum absolute atomic E-state index is 13.0. The van der Waals surface area contributed by atoms with Crippen molar-refractivity contribution in [2.75, 3.05) is 0 Å². The van der Waals surface area contributed by atoms with E-state index in [0.717, 1.165) is 14.6 Å². The number of hydrogen-bond acceptors (Lipinski definition) is 4. The maximum Gasteiger partial charge on any atom is 0.357 e. The fourth-order valence-corrected chi connectivity index (χ4v) is 3.35. The monoisotopic (exact) mass is 442 g/mol. The minimum atomic E-state index is -0.625. The van der Waals surface area contributed by atoms with Crippen molar-refractivity contribution in [2.45, 2.75) is 6.54 Å². The van der Waals surface area contributed by atoms with Crippen LogP contribution in [0.4, 0.5) is 0 Å². The highest BCUT2D eigenvalue weighted by Crippen LogP contribution is 2.18. The van der Waals surface area contributed by atoms with Gasteiger partial charge in [-0.15, -0.1) is 0 Å². The van der Waals surface area contributed by atoms with Crippen LogP contribution in [0.5, 0.6) is 0 Å². The molecule has 2 aromatic rings. The fourth-order valence-electron chi connectivity index (χ4n) is 2.85. The minimum absolute atomic E-state index is 0.327. The number of aromatic nitrogens is 4. The Morgan fingerprint density at radius 1 is 1.07 bits per heavy atom. The van der Waals surface area contributed by atoms with Crippen LogP contribution in [0.15, 0.2) is 75.0 Å². The predicted octanol–water partition coefficient (Wildman–Crippen LogP) is 3.36. The topological polar surface area (TPSA) is 69.8 Å². The Morgan fingerprint density at radius 3 is 2.67 bits per heavy atom. The molecule has 6 nitrogen and oxygen atoms in total. The molecule has 0 radical (unpaired) electrons. The summed E-state index contributed by atoms with van der Waals surface area (Å²) in [5, 5.41) is 0.401. The predicted molar refractivity (Wildman–Crippen MR) is 107 cm³/mol. The minimum Gasteiger partial charge on any atom is -0.328 e. The Kier molecular flexibility index (Phi) is 4.63. The Balaban J connectivity index is 1.87. The molecule has 0 bridgehead atoms. The van der Waals surface area contributed by atoms with Gasteiger partial charge in [0.25, 0.3) is 5.56 Å². The Labute approximate surface area is 167 Å². The van der Waals surface area contributed by atoms with Gasteiger partial charge in [0.2, 0.25) is 0 Å². The lowest BCUT2D eigenvalue weighted by Crippen LogP contribution is -2.36. The molecule has 0 aliphatic carbocycles. The lowest BCUT2D eigenvalue weighted by molar-refractivity contribution is 0.750. The van der Waals surface area contributed by atoms with Crippen molar-refractivity contribution in [3.63, 3.8) is 0 Å². The second kappa shape index (κ2) is 7.09. The van der Waals surface area contributed by atoms with Gasteiger partial charge < -0.3 is 4.57 Å². The molecule has 2 aliphatic heterocycles. The van der Waals surface area contributed by atoms with Gasteiger partial charge in [-0.2, -0.15) is 4.98 Å². The van der Waals surface area contributed by atoms with E-state index in [1.165, 1.54) is 0 Å². The van der Waals surface area contributed by atoms with Gasteiger partial charge in [-0.1, -0.05) is 39.7 Å². The van der Waals surface area contributed by atoms with Crippen LogP contribution in [-0.2, 0) is 6.54 Å². The SMILES string of the molecule is O=c1nc2n(Cc3ccc(Cl)nc3)cccc-2c(=O)n1-c1cccc(Br)c1. The lowest BCUT2D eigenvalue weighted by atomic mass is 10.2. The molecule has 4 rings (SSSR count). The number of pyridine rings is 2. The highest BCUT2D eigenvalue weighted by molar-refractivity contribution is 9.10. The van der Waals surface area contributed by atoms with Gasteiger partial charge in [-0.25, -0.2) is 14.3 Å². The second-order valence-corrected chi connectivity index (χ2v) is 7.18. The molecule has 27 heavy (non-hydrogen) atoms. The summed E-state index contributed by atoms with van der Waals surface area (Å²) >= 11 is 9.17. The van der Waals surface area contributed by atoms with Gasteiger partial charge in [0.15, 0.2) is 5.82 Å². The van der Waals surface area contributed by atoms with Crippen molar-refractivity contribution in [3.05, 3.63) is 97.0 Å². The summed E-state index contributed by atoms with van der Waals surface area (Å²) < 4.78 is 3.58. The Bertz CT molecular complexity index is 1220. The average molecular weight is 444 g/mol. The van der Waals surface area contributed by atoms with E-state index in [1.807, 2.05) is 12.1 Å². The van der Waals surface area contributed by atoms with Crippen molar-refractivity contribution in [2.24, 2.45) is 0 Å². The highest BCUT2D eigenvalue weighted by Gasteiger charge is 2.18. The van der Waals surface area contributed by atoms with E-state index in [4.69, 9.17) is 11.6 Å². The Morgan fingerprint density at radius 2 is 1.93 bits per heavy atom. The van der Waals surface area contributed by atoms with E-state index < -0.39 is 11.2 Å². The van der Waals surface area contributed by atoms with Crippen molar-refractivity contribution in [1.82, 2.24) is 19.1 Å². The van der Waals surface area contributed by atoms with Crippen LogP contribution in [-0.4, -0.2) is 19.1 Å². The van der Waals surface area contributed by atoms with E-state index in [1.54, 1.807) is 53.4 Å². The van der Waals surface area contributed by atoms with Gasteiger partial charge in [-0.3, -0.25) is 4.79 Å². The van der Waals surface area contributed by atoms with Crippen molar-refractivity contribution in [3.8, 4) is 17.1 Å². The first-order valence-electron chi connectivity index (χ1n) is 8.01. The van der Waals surface area contributed by atoms with Gasteiger partial charge in [0, 0.05) is 16.9 Å². The number of halogens is 2. The molecule has 2 aliphatic rings. The first kappa shape index (κ1) is 17.6. The van der Waals surface area contributed by atoms with Gasteiger partial charge in [0.1, 0.15) is 5.15 Å². The largest absolute Gasteiger partial charge is 0.357 e. The molecule has 0 spiro atoms. The molecule has 1 aromatic carbocycles. The van der Waals surface area contributed by atoms with Gasteiger partial charge in [-0.05, 0) is 42.0 Å². The molecule has 0 fully saturated rings. The Hall–Kier alpha value is -2.77. The van der Waals surface area contributed by atoms with Crippen LogP contribution in [0.2, 0.25) is 5.15 Å². The molecule has 134 valence electrons. The number of benzene rings is 1. The molecule has 0 N–H and O–H groups in total. The van der Waals surface area contributed by atoms with E-state index in [-0.39, 0.29) is 0 Å². The molecule has 0 saturated carbocycles. The van der Waals surface area contributed by atoms with Crippen LogP contribution in [0.25, 0.3) is 17.1 Å². The normalized spacial score (nSPS) is 11.0. The summed E-state index contributed by atoms with van der Waals surface area (Å²) in [5.41, 5.74) is 0.666. The van der Waals surface area contributed by atoms with Crippen molar-refractivity contribution >= 4 is 27.5 Å². The van der Waals surface area contributed by atoms with E-state index in [2.05, 4.69) is 25.9 Å². The third-order valence-corrected chi connectivity index (χ3v) is 4.79. The van der Waals surface area contributed by atoms with Crippen LogP contribution < -0.4 is 11.2 Å². The van der Waals surface area contributed by atoms with Crippen LogP contribution in [0, 0.1) is 0 Å². The highest BCUT2D eigenvalue weighted by atomic mass is 79.9. The second-order valence-electron chi connectivity index (χ2n) is 5.88. The van der Waals surface area contributed by atoms with Crippen LogP contribution in [0.3, 0.4) is 0 Å². The van der Waals surface area contributed by atoms with Crippen LogP contribution in [0.1, 0.15) is 5.56 Å². The molecule has 1 aromatic heterocycles. The zero-order chi connectivity index (χ0) is 19.0. The molecule has 8 heteroatoms. The average Bonchev–Trinajstić information content (AvgIpc) is 2.64. The quantitative estimate of drug-likeness (QED) is 0.455. The van der Waals surface area contributed by atoms with Crippen molar-refractivity contribution < 1.29 is 0 Å². The van der Waals surface area contributed by atoms with Gasteiger partial charge in [0.05, 0.1) is 17.8 Å². The summed E-state index contributed by atoms with van der Waals surface area (Å²) in [5.74, 6) is 0.327. The smallest absolute Gasteiger partial charge is 0.328 e. The van der Waals surface area contributed by atoms with Gasteiger partial charge >= 0.3 is 5.69 Å². The fraction of sp³-hybridized carbons (Fsp3) is 0.0526. The summed E-state index contributed by atoms with van der Waals surface area (Å²) in [6.07, 6.45) is 3.42. The third-order valence-electron chi connectivity index (χ3n) is 4.08. The molecular weight excluding hydrogens is 432 g/mol. The molecule has 0 saturated heterocycles. The standard InChI is InChI=1S/C19H12BrClN4O2/c20-13-3-1-4-14(9-13)25-18(26)15-5-2-8-24(17(15)23-19(25)27)11-12-6-7-16(21)22-10-12/h1-10H,11H2. The van der Waals surface area contributed by atoms with E-state index in [9.17, 15) is 9.59 Å². The zero-order valence-corrected chi connectivity index (χ0v) is 16.2. The third kappa shape index (κ3) is 3.43. The number of fused-ring (bicyclic) bond motifs is 1. The number of rotatable bonds is 3. The number of hydrogen-bond donors (Lipinski definition) is 0. The first-order chi connectivity index (χ1) is 13.0. The number of nitrogens with zero attached hydrogens (tertiary/aromatic N) is 4. The summed E-state index contributed by atoms with van der Waals surface area (Å²) in [7, 11) is 0. The lowest BCUT2D eigenvalue weighted by Gasteiger charge is -2.15. The van der Waals surface area contributed by atoms with Crippen LogP contribution >= 0.6 is 27.5 Å². The summed E-state index contributed by atoms with van der Waals surface area (Å²) in [4.78, 5) is 33.8. The summed E-state index contributed by atoms with van der Waals surface area (Å²) in [6, 6.07) is 13.9. The molecule has 0 unspecified atom stereocenters. The maximum atomic E-state index is 13.0. The van der Waals surface area contributed by atoms with Crippen molar-refractivity contribution in [1.29, 1.82) is 0 Å². The first-order valence-corrected chi connectivity index (χ1v) is 9.18. The van der Waals surface area contributed by atoms with E-state index in [0.29, 0.717) is 28.8 Å². The van der Waals surface area contributed by atoms with E-state index >= 15 is 0 Å². The zero-order valence-electron chi connectivity index (χ0n) is 13.8. The summed E-state index contributed by atoms with van der Waals surface area (Å²) in [6.45, 7) is 0.411. The molecular formula is C19H12BrClN4O2. The molecule has 0 atom stereocenters.